The Balaban J connectivity index is 3.14. The van der Waals surface area contributed by atoms with Crippen LogP contribution in [0.15, 0.2) is 24.8 Å². The van der Waals surface area contributed by atoms with Crippen LogP contribution in [0.4, 0.5) is 0 Å². The first-order valence-corrected chi connectivity index (χ1v) is 7.72. The van der Waals surface area contributed by atoms with Crippen molar-refractivity contribution in [1.29, 1.82) is 0 Å². The van der Waals surface area contributed by atoms with Gasteiger partial charge in [0.05, 0.1) is 12.2 Å². The number of thiol groups is 1. The highest BCUT2D eigenvalue weighted by Crippen LogP contribution is 2.30. The molecular formula is C15H21O5S+. The fraction of sp³-hybridized carbons (Fsp3) is 0.400. The molecule has 0 saturated heterocycles. The normalized spacial score (nSPS) is 10.2. The number of carbonyl (C=O) groups is 1. The molecule has 0 amide bonds. The summed E-state index contributed by atoms with van der Waals surface area (Å²) in [4.78, 5) is 11.9. The third kappa shape index (κ3) is 5.08. The van der Waals surface area contributed by atoms with Gasteiger partial charge in [-0.3, -0.25) is 0 Å². The molecule has 0 radical (unpaired) electrons. The second kappa shape index (κ2) is 9.44. The molecule has 0 aliphatic rings. The first kappa shape index (κ1) is 17.6. The average Bonchev–Trinajstić information content (AvgIpc) is 2.50. The van der Waals surface area contributed by atoms with E-state index in [9.17, 15) is 4.79 Å². The van der Waals surface area contributed by atoms with E-state index in [-0.39, 0.29) is 12.4 Å². The molecule has 0 fully saturated rings. The standard InChI is InChI=1S/C15H20O5S/c1-5-18-15(16)11(2)14-12(9-20-21-4)7-6-8-13(14)19-10-17-3/h6-8H,2,5,9-10H2,1,3-4H3/p+1. The molecule has 0 bridgehead atoms. The molecule has 21 heavy (non-hydrogen) atoms. The van der Waals surface area contributed by atoms with Gasteiger partial charge in [-0.2, -0.15) is 4.18 Å². The lowest BCUT2D eigenvalue weighted by atomic mass is 10.00. The monoisotopic (exact) mass is 313 g/mol. The van der Waals surface area contributed by atoms with E-state index in [1.807, 2.05) is 18.4 Å². The first-order chi connectivity index (χ1) is 10.2. The van der Waals surface area contributed by atoms with Gasteiger partial charge >= 0.3 is 5.97 Å². The largest absolute Gasteiger partial charge is 0.467 e. The first-order valence-electron chi connectivity index (χ1n) is 6.46. The number of hydrogen-bond donors (Lipinski definition) is 0. The molecule has 1 rings (SSSR count). The number of benzene rings is 1. The topological polar surface area (TPSA) is 54.0 Å². The molecule has 0 saturated carbocycles. The maximum Gasteiger partial charge on any atom is 0.338 e. The van der Waals surface area contributed by atoms with Gasteiger partial charge in [0.2, 0.25) is 0 Å². The van der Waals surface area contributed by atoms with Crippen LogP contribution in [0.1, 0.15) is 18.1 Å². The minimum atomic E-state index is -0.471. The Hall–Kier alpha value is -1.50. The molecular weight excluding hydrogens is 292 g/mol. The molecule has 0 atom stereocenters. The van der Waals surface area contributed by atoms with E-state index in [4.69, 9.17) is 18.4 Å². The van der Waals surface area contributed by atoms with Crippen molar-refractivity contribution in [3.05, 3.63) is 35.9 Å². The van der Waals surface area contributed by atoms with E-state index >= 15 is 0 Å². The Labute approximate surface area is 129 Å². The van der Waals surface area contributed by atoms with E-state index in [0.29, 0.717) is 24.5 Å². The Morgan fingerprint density at radius 1 is 1.38 bits per heavy atom. The maximum absolute atomic E-state index is 11.9. The van der Waals surface area contributed by atoms with Crippen LogP contribution in [0.3, 0.4) is 0 Å². The fourth-order valence-corrected chi connectivity index (χ4v) is 2.00. The van der Waals surface area contributed by atoms with E-state index in [2.05, 4.69) is 6.58 Å². The molecule has 6 heteroatoms. The third-order valence-electron chi connectivity index (χ3n) is 2.62. The van der Waals surface area contributed by atoms with Crippen LogP contribution in [-0.2, 0) is 37.1 Å². The smallest absolute Gasteiger partial charge is 0.338 e. The summed E-state index contributed by atoms with van der Waals surface area (Å²) in [6, 6.07) is 5.45. The van der Waals surface area contributed by atoms with Crippen molar-refractivity contribution >= 4 is 23.6 Å². The summed E-state index contributed by atoms with van der Waals surface area (Å²) in [5.41, 5.74) is 1.66. The van der Waals surface area contributed by atoms with Crippen molar-refractivity contribution in [2.45, 2.75) is 13.5 Å². The average molecular weight is 313 g/mol. The molecule has 116 valence electrons. The highest BCUT2D eigenvalue weighted by molar-refractivity contribution is 7.72. The predicted octanol–water partition coefficient (Wildman–Crippen LogP) is 2.12. The summed E-state index contributed by atoms with van der Waals surface area (Å²) in [5.74, 6) is 0.0463. The minimum Gasteiger partial charge on any atom is -0.467 e. The van der Waals surface area contributed by atoms with Crippen LogP contribution in [0.5, 0.6) is 5.75 Å². The van der Waals surface area contributed by atoms with Crippen LogP contribution in [0.2, 0.25) is 0 Å². The van der Waals surface area contributed by atoms with Gasteiger partial charge in [-0.15, -0.1) is 0 Å². The predicted molar refractivity (Wildman–Crippen MR) is 84.1 cm³/mol. The van der Waals surface area contributed by atoms with Gasteiger partial charge in [0.15, 0.2) is 6.79 Å². The van der Waals surface area contributed by atoms with Crippen LogP contribution in [0, 0.1) is 0 Å². The van der Waals surface area contributed by atoms with Crippen LogP contribution >= 0.6 is 0 Å². The highest BCUT2D eigenvalue weighted by Gasteiger charge is 2.20. The van der Waals surface area contributed by atoms with Crippen molar-refractivity contribution in [3.63, 3.8) is 0 Å². The Bertz CT molecular complexity index is 461. The van der Waals surface area contributed by atoms with Gasteiger partial charge in [-0.25, -0.2) is 4.79 Å². The summed E-state index contributed by atoms with van der Waals surface area (Å²) in [7, 11) is 1.53. The van der Waals surface area contributed by atoms with Crippen molar-refractivity contribution < 1.29 is 23.2 Å². The van der Waals surface area contributed by atoms with Crippen LogP contribution in [-0.4, -0.2) is 32.7 Å². The molecule has 1 aromatic carbocycles. The Morgan fingerprint density at radius 2 is 2.14 bits per heavy atom. The molecule has 0 spiro atoms. The summed E-state index contributed by atoms with van der Waals surface area (Å²) in [6.07, 6.45) is 1.88. The molecule has 1 aromatic rings. The van der Waals surface area contributed by atoms with Gasteiger partial charge in [-0.05, 0) is 18.6 Å². The van der Waals surface area contributed by atoms with Gasteiger partial charge in [-0.1, -0.05) is 18.7 Å². The summed E-state index contributed by atoms with van der Waals surface area (Å²) in [6.45, 7) is 6.31. The van der Waals surface area contributed by atoms with E-state index in [1.165, 1.54) is 7.11 Å². The third-order valence-corrected chi connectivity index (χ3v) is 3.00. The lowest BCUT2D eigenvalue weighted by molar-refractivity contribution is -0.136. The molecule has 5 nitrogen and oxygen atoms in total. The van der Waals surface area contributed by atoms with E-state index < -0.39 is 5.97 Å². The van der Waals surface area contributed by atoms with Gasteiger partial charge in [0, 0.05) is 12.7 Å². The second-order valence-corrected chi connectivity index (χ2v) is 4.62. The number of carbonyl (C=O) groups excluding carboxylic acids is 1. The zero-order valence-corrected chi connectivity index (χ0v) is 13.4. The molecule has 0 aliphatic heterocycles. The number of esters is 1. The van der Waals surface area contributed by atoms with Gasteiger partial charge in [0.1, 0.15) is 30.7 Å². The second-order valence-electron chi connectivity index (χ2n) is 4.00. The molecule has 0 aliphatic carbocycles. The van der Waals surface area contributed by atoms with Crippen molar-refractivity contribution in [2.75, 3.05) is 26.8 Å². The van der Waals surface area contributed by atoms with Crippen LogP contribution in [0.25, 0.3) is 5.57 Å². The number of hydrogen-bond acceptors (Lipinski definition) is 5. The molecule has 0 N–H and O–H groups in total. The molecule has 0 unspecified atom stereocenters. The Morgan fingerprint density at radius 3 is 2.76 bits per heavy atom. The maximum atomic E-state index is 11.9. The minimum absolute atomic E-state index is 0.0828. The zero-order chi connectivity index (χ0) is 15.7. The quantitative estimate of drug-likeness (QED) is 0.230. The zero-order valence-electron chi connectivity index (χ0n) is 12.5. The lowest BCUT2D eigenvalue weighted by Crippen LogP contribution is -2.11. The number of ether oxygens (including phenoxy) is 3. The van der Waals surface area contributed by atoms with Crippen molar-refractivity contribution in [3.8, 4) is 5.75 Å². The number of methoxy groups -OCH3 is 1. The van der Waals surface area contributed by atoms with Crippen molar-refractivity contribution in [1.82, 2.24) is 0 Å². The van der Waals surface area contributed by atoms with Gasteiger partial charge in [0.25, 0.3) is 0 Å². The van der Waals surface area contributed by atoms with Crippen LogP contribution < -0.4 is 4.74 Å². The van der Waals surface area contributed by atoms with E-state index in [0.717, 1.165) is 17.6 Å². The molecule has 0 heterocycles. The highest BCUT2D eigenvalue weighted by atomic mass is 32.2. The summed E-state index contributed by atoms with van der Waals surface area (Å²) >= 11 is 0.801. The van der Waals surface area contributed by atoms with E-state index in [1.54, 1.807) is 13.0 Å². The fourth-order valence-electron chi connectivity index (χ4n) is 1.74. The lowest BCUT2D eigenvalue weighted by Gasteiger charge is -2.15. The van der Waals surface area contributed by atoms with Crippen molar-refractivity contribution in [2.24, 2.45) is 0 Å². The Kier molecular flexibility index (Phi) is 7.89. The number of rotatable bonds is 9. The SMILES string of the molecule is C=C(C(=O)OCC)c1c(CO[SH+]C)cccc1OCOC. The summed E-state index contributed by atoms with van der Waals surface area (Å²) < 4.78 is 20.8. The molecule has 0 aromatic heterocycles. The summed E-state index contributed by atoms with van der Waals surface area (Å²) in [5, 5.41) is 0. The van der Waals surface area contributed by atoms with Gasteiger partial charge < -0.3 is 14.2 Å².